The third-order valence-corrected chi connectivity index (χ3v) is 6.67. The van der Waals surface area contributed by atoms with Gasteiger partial charge in [0.2, 0.25) is 0 Å². The lowest BCUT2D eigenvalue weighted by molar-refractivity contribution is -0.785. The molecule has 0 atom stereocenters. The van der Waals surface area contributed by atoms with Crippen LogP contribution in [0.1, 0.15) is 44.9 Å². The maximum atomic E-state index is 13.4. The maximum absolute atomic E-state index is 13.4. The summed E-state index contributed by atoms with van der Waals surface area (Å²) in [4.78, 5) is 11.3. The topological polar surface area (TPSA) is 54.9 Å². The fourth-order valence-electron chi connectivity index (χ4n) is 5.99. The summed E-state index contributed by atoms with van der Waals surface area (Å²) in [5, 5.41) is 1.19. The minimum absolute atomic E-state index is 0.153. The molecular weight excluding hydrogens is 378 g/mol. The fraction of sp³-hybridized carbons (Fsp3) is 0.941. The van der Waals surface area contributed by atoms with Crippen LogP contribution >= 0.6 is 0 Å². The third kappa shape index (κ3) is 3.73. The Balaban J connectivity index is 1.74. The van der Waals surface area contributed by atoms with Crippen molar-refractivity contribution in [2.24, 2.45) is 23.2 Å². The number of nitrogens with one attached hydrogen (secondary N) is 1. The summed E-state index contributed by atoms with van der Waals surface area (Å²) in [6.07, 6.45) is -6.83. The van der Waals surface area contributed by atoms with Crippen LogP contribution in [0.4, 0.5) is 31.1 Å². The molecule has 4 saturated carbocycles. The third-order valence-electron chi connectivity index (χ3n) is 6.67. The van der Waals surface area contributed by atoms with Gasteiger partial charge in [0.05, 0.1) is 13.7 Å². The van der Waals surface area contributed by atoms with E-state index in [0.717, 1.165) is 51.0 Å². The van der Waals surface area contributed by atoms with Gasteiger partial charge in [0.1, 0.15) is 0 Å². The Kier molecular flexibility index (Phi) is 5.10. The van der Waals surface area contributed by atoms with E-state index in [2.05, 4.69) is 4.74 Å². The number of hydrogen-bond acceptors (Lipinski definition) is 2. The second-order valence-corrected chi connectivity index (χ2v) is 8.58. The van der Waals surface area contributed by atoms with E-state index >= 15 is 0 Å². The molecule has 0 aromatic rings. The van der Waals surface area contributed by atoms with E-state index in [1.54, 1.807) is 0 Å². The highest BCUT2D eigenvalue weighted by Crippen LogP contribution is 2.61. The molecule has 156 valence electrons. The zero-order chi connectivity index (χ0) is 20.1. The molecule has 4 aliphatic rings. The van der Waals surface area contributed by atoms with Crippen molar-refractivity contribution in [3.8, 4) is 0 Å². The Labute approximate surface area is 153 Å². The smallest absolute Gasteiger partial charge is 0.453 e. The minimum Gasteiger partial charge on any atom is -0.453 e. The molecule has 4 rings (SSSR count). The average molecular weight is 403 g/mol. The first-order valence-electron chi connectivity index (χ1n) is 9.24. The number of amides is 1. The summed E-state index contributed by atoms with van der Waals surface area (Å²) in [7, 11) is 0.724. The van der Waals surface area contributed by atoms with Gasteiger partial charge in [-0.2, -0.15) is 26.3 Å². The predicted molar refractivity (Wildman–Crippen MR) is 82.4 cm³/mol. The van der Waals surface area contributed by atoms with Crippen molar-refractivity contribution in [1.82, 2.24) is 5.32 Å². The minimum atomic E-state index is -5.72. The Morgan fingerprint density at radius 1 is 1.00 bits per heavy atom. The summed E-state index contributed by atoms with van der Waals surface area (Å²) < 4.78 is 84.6. The molecule has 1 amide bonds. The van der Waals surface area contributed by atoms with Crippen molar-refractivity contribution in [3.05, 3.63) is 0 Å². The van der Waals surface area contributed by atoms with Crippen molar-refractivity contribution in [2.45, 2.75) is 63.0 Å². The van der Waals surface area contributed by atoms with E-state index in [0.29, 0.717) is 17.8 Å². The van der Waals surface area contributed by atoms with Crippen LogP contribution in [-0.2, 0) is 4.74 Å². The first-order chi connectivity index (χ1) is 12.4. The van der Waals surface area contributed by atoms with Gasteiger partial charge < -0.3 is 10.1 Å². The van der Waals surface area contributed by atoms with Crippen LogP contribution in [0.3, 0.4) is 0 Å². The molecule has 3 N–H and O–H groups in total. The van der Waals surface area contributed by atoms with Crippen LogP contribution in [0.15, 0.2) is 0 Å². The standard InChI is InChI=1S/C17H24F6N2O2/c1-27-13(26)25-15(16(18,19)20,17(21,22)23)24-3-2-14-7-10-4-11(8-14)6-12(5-10)9-14/h10-12,24H,2-9H2,1H3,(H,25,26)/p+1. The molecular formula is C17H25F6N2O2+. The predicted octanol–water partition coefficient (Wildman–Crippen LogP) is 3.33. The lowest BCUT2D eigenvalue weighted by atomic mass is 9.49. The second kappa shape index (κ2) is 6.70. The zero-order valence-corrected chi connectivity index (χ0v) is 15.1. The lowest BCUT2D eigenvalue weighted by Gasteiger charge is -2.57. The van der Waals surface area contributed by atoms with E-state index in [9.17, 15) is 31.1 Å². The maximum Gasteiger partial charge on any atom is 0.475 e. The van der Waals surface area contributed by atoms with Crippen molar-refractivity contribution in [3.63, 3.8) is 0 Å². The van der Waals surface area contributed by atoms with Crippen LogP contribution in [-0.4, -0.2) is 37.8 Å². The molecule has 0 saturated heterocycles. The largest absolute Gasteiger partial charge is 0.475 e. The first-order valence-corrected chi connectivity index (χ1v) is 9.24. The van der Waals surface area contributed by atoms with Crippen LogP contribution in [0, 0.1) is 23.2 Å². The molecule has 4 bridgehead atoms. The molecule has 4 nitrogen and oxygen atoms in total. The van der Waals surface area contributed by atoms with E-state index in [1.807, 2.05) is 0 Å². The molecule has 0 radical (unpaired) electrons. The Morgan fingerprint density at radius 2 is 1.44 bits per heavy atom. The van der Waals surface area contributed by atoms with Crippen molar-refractivity contribution in [2.75, 3.05) is 13.7 Å². The number of ether oxygens (including phenoxy) is 1. The molecule has 0 heterocycles. The van der Waals surface area contributed by atoms with Gasteiger partial charge in [0.15, 0.2) is 0 Å². The fourth-order valence-corrected chi connectivity index (χ4v) is 5.99. The van der Waals surface area contributed by atoms with Crippen molar-refractivity contribution < 1.29 is 41.2 Å². The van der Waals surface area contributed by atoms with Gasteiger partial charge in [0.25, 0.3) is 0 Å². The molecule has 0 aromatic carbocycles. The number of carbonyl (C=O) groups is 1. The van der Waals surface area contributed by atoms with Crippen molar-refractivity contribution in [1.29, 1.82) is 0 Å². The first kappa shape index (κ1) is 20.5. The number of quaternary nitrogens is 1. The number of methoxy groups -OCH3 is 1. The molecule has 4 aliphatic carbocycles. The van der Waals surface area contributed by atoms with E-state index < -0.39 is 24.1 Å². The van der Waals surface area contributed by atoms with E-state index in [-0.39, 0.29) is 23.7 Å². The number of carbonyl (C=O) groups excluding carboxylic acids is 1. The van der Waals surface area contributed by atoms with Crippen LogP contribution in [0.25, 0.3) is 0 Å². The molecule has 0 unspecified atom stereocenters. The number of alkyl carbamates (subject to hydrolysis) is 1. The number of nitrogens with two attached hydrogens (primary N) is 1. The van der Waals surface area contributed by atoms with Gasteiger partial charge in [-0.25, -0.2) is 4.79 Å². The highest BCUT2D eigenvalue weighted by Gasteiger charge is 2.76. The second-order valence-electron chi connectivity index (χ2n) is 8.58. The number of rotatable bonds is 5. The summed E-state index contributed by atoms with van der Waals surface area (Å²) in [6, 6.07) is 0. The molecule has 0 aromatic heterocycles. The normalized spacial score (nSPS) is 33.2. The van der Waals surface area contributed by atoms with Gasteiger partial charge in [0, 0.05) is 6.42 Å². The Hall–Kier alpha value is -1.19. The average Bonchev–Trinajstić information content (AvgIpc) is 2.49. The van der Waals surface area contributed by atoms with Gasteiger partial charge in [-0.1, -0.05) is 0 Å². The number of hydrogen-bond donors (Lipinski definition) is 2. The lowest BCUT2D eigenvalue weighted by Crippen LogP contribution is -3.08. The van der Waals surface area contributed by atoms with Crippen molar-refractivity contribution >= 4 is 6.09 Å². The monoisotopic (exact) mass is 403 g/mol. The summed E-state index contributed by atoms with van der Waals surface area (Å²) >= 11 is 0. The zero-order valence-electron chi connectivity index (χ0n) is 15.1. The summed E-state index contributed by atoms with van der Waals surface area (Å²) in [6.45, 7) is -0.366. The molecule has 0 spiro atoms. The van der Waals surface area contributed by atoms with Crippen LogP contribution < -0.4 is 10.6 Å². The van der Waals surface area contributed by atoms with Gasteiger partial charge in [-0.05, 0) is 61.7 Å². The quantitative estimate of drug-likeness (QED) is 0.547. The summed E-state index contributed by atoms with van der Waals surface area (Å²) in [5.41, 5.74) is -4.56. The van der Waals surface area contributed by atoms with Crippen LogP contribution in [0.5, 0.6) is 0 Å². The van der Waals surface area contributed by atoms with Crippen LogP contribution in [0.2, 0.25) is 0 Å². The van der Waals surface area contributed by atoms with E-state index in [4.69, 9.17) is 0 Å². The molecule has 27 heavy (non-hydrogen) atoms. The SMILES string of the molecule is COC(=O)NC([NH2+]CCC12CC3CC(CC(C3)C1)C2)(C(F)(F)F)C(F)(F)F. The number of halogens is 6. The van der Waals surface area contributed by atoms with Gasteiger partial charge in [-0.15, -0.1) is 0 Å². The van der Waals surface area contributed by atoms with Gasteiger partial charge in [-0.3, -0.25) is 5.32 Å². The molecule has 4 fully saturated rings. The molecule has 10 heteroatoms. The Morgan fingerprint density at radius 3 is 1.81 bits per heavy atom. The van der Waals surface area contributed by atoms with E-state index in [1.165, 1.54) is 0 Å². The number of alkyl halides is 6. The highest BCUT2D eigenvalue weighted by atomic mass is 19.4. The summed E-state index contributed by atoms with van der Waals surface area (Å²) in [5.74, 6) is 1.67. The van der Waals surface area contributed by atoms with Gasteiger partial charge >= 0.3 is 24.1 Å². The Bertz CT molecular complexity index is 525. The molecule has 0 aliphatic heterocycles. The highest BCUT2D eigenvalue weighted by molar-refractivity contribution is 5.68.